The number of anilines is 3. The largest absolute Gasteiger partial charge is 0.492 e. The van der Waals surface area contributed by atoms with Crippen LogP contribution in [-0.2, 0) is 0 Å². The molecule has 0 radical (unpaired) electrons. The van der Waals surface area contributed by atoms with E-state index in [1.165, 1.54) is 0 Å². The lowest BCUT2D eigenvalue weighted by Crippen LogP contribution is -2.01. The number of hydrogen-bond donors (Lipinski definition) is 2. The third kappa shape index (κ3) is 2.84. The smallest absolute Gasteiger partial charge is 0.227 e. The quantitative estimate of drug-likeness (QED) is 0.842. The van der Waals surface area contributed by atoms with Crippen LogP contribution in [0, 0.1) is 0 Å². The van der Waals surface area contributed by atoms with Gasteiger partial charge in [0.1, 0.15) is 5.75 Å². The molecule has 3 N–H and O–H groups in total. The van der Waals surface area contributed by atoms with Crippen LogP contribution >= 0.6 is 0 Å². The van der Waals surface area contributed by atoms with Gasteiger partial charge in [0.05, 0.1) is 30.4 Å². The van der Waals surface area contributed by atoms with Gasteiger partial charge in [0.15, 0.2) is 0 Å². The molecule has 0 amide bonds. The van der Waals surface area contributed by atoms with Crippen molar-refractivity contribution in [1.82, 2.24) is 9.97 Å². The third-order valence-electron chi connectivity index (χ3n) is 2.11. The molecule has 1 aromatic carbocycles. The molecule has 0 atom stereocenters. The van der Waals surface area contributed by atoms with Crippen molar-refractivity contribution >= 4 is 17.3 Å². The Balaban J connectivity index is 2.20. The molecular weight excluding hydrogens is 216 g/mol. The zero-order valence-electron chi connectivity index (χ0n) is 9.55. The molecule has 5 heteroatoms. The van der Waals surface area contributed by atoms with Crippen molar-refractivity contribution in [3.63, 3.8) is 0 Å². The maximum Gasteiger partial charge on any atom is 0.227 e. The van der Waals surface area contributed by atoms with Gasteiger partial charge in [-0.15, -0.1) is 0 Å². The summed E-state index contributed by atoms with van der Waals surface area (Å²) in [6, 6.07) is 7.63. The standard InChI is InChI=1S/C12H14N4O/c1-2-17-11-6-4-3-5-10(11)16-12-14-7-9(13)8-15-12/h3-8H,2,13H2,1H3,(H,14,15,16). The summed E-state index contributed by atoms with van der Waals surface area (Å²) in [5.41, 5.74) is 6.89. The van der Waals surface area contributed by atoms with Crippen molar-refractivity contribution in [3.8, 4) is 5.75 Å². The molecule has 0 saturated heterocycles. The van der Waals surface area contributed by atoms with Gasteiger partial charge in [-0.1, -0.05) is 12.1 Å². The van der Waals surface area contributed by atoms with Crippen molar-refractivity contribution in [2.75, 3.05) is 17.7 Å². The Labute approximate surface area is 99.7 Å². The molecule has 88 valence electrons. The Kier molecular flexibility index (Phi) is 3.40. The summed E-state index contributed by atoms with van der Waals surface area (Å²) >= 11 is 0. The zero-order chi connectivity index (χ0) is 12.1. The van der Waals surface area contributed by atoms with Crippen LogP contribution in [0.2, 0.25) is 0 Å². The molecule has 2 aromatic rings. The molecule has 0 spiro atoms. The number of ether oxygens (including phenoxy) is 1. The summed E-state index contributed by atoms with van der Waals surface area (Å²) < 4.78 is 5.49. The maximum absolute atomic E-state index is 5.52. The van der Waals surface area contributed by atoms with E-state index in [-0.39, 0.29) is 0 Å². The van der Waals surface area contributed by atoms with E-state index in [0.29, 0.717) is 18.2 Å². The number of aromatic nitrogens is 2. The van der Waals surface area contributed by atoms with Gasteiger partial charge in [0.25, 0.3) is 0 Å². The number of nitrogens with one attached hydrogen (secondary N) is 1. The Morgan fingerprint density at radius 3 is 2.65 bits per heavy atom. The highest BCUT2D eigenvalue weighted by molar-refractivity contribution is 5.62. The second-order valence-electron chi connectivity index (χ2n) is 3.39. The molecule has 0 aliphatic rings. The fourth-order valence-corrected chi connectivity index (χ4v) is 1.37. The number of benzene rings is 1. The lowest BCUT2D eigenvalue weighted by Gasteiger charge is -2.10. The van der Waals surface area contributed by atoms with Gasteiger partial charge in [0, 0.05) is 0 Å². The summed E-state index contributed by atoms with van der Waals surface area (Å²) in [5.74, 6) is 1.27. The average Bonchev–Trinajstić information content (AvgIpc) is 2.35. The minimum absolute atomic E-state index is 0.492. The van der Waals surface area contributed by atoms with Gasteiger partial charge < -0.3 is 15.8 Å². The van der Waals surface area contributed by atoms with Crippen LogP contribution in [0.15, 0.2) is 36.7 Å². The monoisotopic (exact) mass is 230 g/mol. The highest BCUT2D eigenvalue weighted by Crippen LogP contribution is 2.25. The lowest BCUT2D eigenvalue weighted by atomic mass is 10.3. The van der Waals surface area contributed by atoms with E-state index in [0.717, 1.165) is 11.4 Å². The first-order valence-corrected chi connectivity index (χ1v) is 5.36. The number of para-hydroxylation sites is 2. The summed E-state index contributed by atoms with van der Waals surface area (Å²) in [7, 11) is 0. The van der Waals surface area contributed by atoms with Gasteiger partial charge in [-0.2, -0.15) is 0 Å². The fourth-order valence-electron chi connectivity index (χ4n) is 1.37. The molecule has 0 fully saturated rings. The van der Waals surface area contributed by atoms with Crippen LogP contribution in [0.25, 0.3) is 0 Å². The first-order chi connectivity index (χ1) is 8.29. The van der Waals surface area contributed by atoms with E-state index in [1.807, 2.05) is 31.2 Å². The van der Waals surface area contributed by atoms with E-state index in [2.05, 4.69) is 15.3 Å². The van der Waals surface area contributed by atoms with Crippen LogP contribution in [0.3, 0.4) is 0 Å². The summed E-state index contributed by atoms with van der Waals surface area (Å²) in [4.78, 5) is 8.14. The number of rotatable bonds is 4. The van der Waals surface area contributed by atoms with Gasteiger partial charge >= 0.3 is 0 Å². The number of nitrogens with zero attached hydrogens (tertiary/aromatic N) is 2. The van der Waals surface area contributed by atoms with Crippen molar-refractivity contribution < 1.29 is 4.74 Å². The first-order valence-electron chi connectivity index (χ1n) is 5.36. The molecule has 2 rings (SSSR count). The third-order valence-corrected chi connectivity index (χ3v) is 2.11. The van der Waals surface area contributed by atoms with Crippen LogP contribution in [-0.4, -0.2) is 16.6 Å². The predicted molar refractivity (Wildman–Crippen MR) is 67.3 cm³/mol. The molecule has 0 unspecified atom stereocenters. The van der Waals surface area contributed by atoms with E-state index in [1.54, 1.807) is 12.4 Å². The minimum atomic E-state index is 0.492. The average molecular weight is 230 g/mol. The zero-order valence-corrected chi connectivity index (χ0v) is 9.55. The Bertz CT molecular complexity index is 484. The molecule has 17 heavy (non-hydrogen) atoms. The second-order valence-corrected chi connectivity index (χ2v) is 3.39. The first kappa shape index (κ1) is 11.2. The summed E-state index contributed by atoms with van der Waals surface area (Å²) in [6.07, 6.45) is 3.11. The van der Waals surface area contributed by atoms with E-state index in [4.69, 9.17) is 10.5 Å². The van der Waals surface area contributed by atoms with Crippen LogP contribution < -0.4 is 15.8 Å². The maximum atomic E-state index is 5.52. The summed E-state index contributed by atoms with van der Waals surface area (Å²) in [6.45, 7) is 2.55. The van der Waals surface area contributed by atoms with Crippen molar-refractivity contribution in [3.05, 3.63) is 36.7 Å². The highest BCUT2D eigenvalue weighted by atomic mass is 16.5. The number of hydrogen-bond acceptors (Lipinski definition) is 5. The van der Waals surface area contributed by atoms with Crippen molar-refractivity contribution in [2.24, 2.45) is 0 Å². The highest BCUT2D eigenvalue weighted by Gasteiger charge is 2.03. The Hall–Kier alpha value is -2.30. The Morgan fingerprint density at radius 2 is 1.94 bits per heavy atom. The molecule has 1 heterocycles. The van der Waals surface area contributed by atoms with Crippen molar-refractivity contribution in [1.29, 1.82) is 0 Å². The second kappa shape index (κ2) is 5.16. The van der Waals surface area contributed by atoms with Crippen LogP contribution in [0.4, 0.5) is 17.3 Å². The Morgan fingerprint density at radius 1 is 1.24 bits per heavy atom. The number of nitrogens with two attached hydrogens (primary N) is 1. The summed E-state index contributed by atoms with van der Waals surface area (Å²) in [5, 5.41) is 3.08. The number of nitrogen functional groups attached to an aromatic ring is 1. The predicted octanol–water partition coefficient (Wildman–Crippen LogP) is 2.20. The molecular formula is C12H14N4O. The molecule has 5 nitrogen and oxygen atoms in total. The molecule has 0 bridgehead atoms. The van der Waals surface area contributed by atoms with E-state index >= 15 is 0 Å². The topological polar surface area (TPSA) is 73.1 Å². The van der Waals surface area contributed by atoms with Gasteiger partial charge in [-0.25, -0.2) is 9.97 Å². The molecule has 0 saturated carbocycles. The van der Waals surface area contributed by atoms with Gasteiger partial charge in [-0.3, -0.25) is 0 Å². The fraction of sp³-hybridized carbons (Fsp3) is 0.167. The normalized spacial score (nSPS) is 9.94. The SMILES string of the molecule is CCOc1ccccc1Nc1ncc(N)cn1. The van der Waals surface area contributed by atoms with E-state index < -0.39 is 0 Å². The van der Waals surface area contributed by atoms with Gasteiger partial charge in [0.2, 0.25) is 5.95 Å². The lowest BCUT2D eigenvalue weighted by molar-refractivity contribution is 0.342. The molecule has 0 aliphatic heterocycles. The molecule has 0 aliphatic carbocycles. The van der Waals surface area contributed by atoms with Crippen LogP contribution in [0.1, 0.15) is 6.92 Å². The molecule has 1 aromatic heterocycles. The van der Waals surface area contributed by atoms with Gasteiger partial charge in [-0.05, 0) is 19.1 Å². The van der Waals surface area contributed by atoms with E-state index in [9.17, 15) is 0 Å². The van der Waals surface area contributed by atoms with Crippen molar-refractivity contribution in [2.45, 2.75) is 6.92 Å². The minimum Gasteiger partial charge on any atom is -0.492 e. The van der Waals surface area contributed by atoms with Crippen LogP contribution in [0.5, 0.6) is 5.75 Å².